The Hall–Kier alpha value is -1.67. The second-order valence-electron chi connectivity index (χ2n) is 3.63. The first kappa shape index (κ1) is 13.4. The molecule has 1 aliphatic heterocycles. The third-order valence-corrected chi connectivity index (χ3v) is 2.47. The Morgan fingerprint density at radius 2 is 2.47 bits per heavy atom. The average molecular weight is 262 g/mol. The normalized spacial score (nSPS) is 19.8. The highest BCUT2D eigenvalue weighted by molar-refractivity contribution is 5.92. The number of hydrogen-bond donors (Lipinski definition) is 3. The lowest BCUT2D eigenvalue weighted by atomic mass is 9.98. The maximum absolute atomic E-state index is 11.6. The number of fused-ring (bicyclic) bond motifs is 1. The van der Waals surface area contributed by atoms with Gasteiger partial charge in [0.15, 0.2) is 0 Å². The summed E-state index contributed by atoms with van der Waals surface area (Å²) in [6.07, 6.45) is 1.41. The van der Waals surface area contributed by atoms with Crippen molar-refractivity contribution in [3.05, 3.63) is 6.33 Å². The number of carboxylic acids is 1. The molecule has 0 aromatic carbocycles. The van der Waals surface area contributed by atoms with Crippen LogP contribution in [0.1, 0.15) is 6.42 Å². The Bertz CT molecular complexity index is 435. The first-order chi connectivity index (χ1) is 7.58. The SMILES string of the molecule is Cl.N[C@@H](CC1Cn2ncnc2NC1=O)C(=O)O. The van der Waals surface area contributed by atoms with Crippen LogP contribution in [0.25, 0.3) is 0 Å². The van der Waals surface area contributed by atoms with Gasteiger partial charge in [0.05, 0.1) is 12.5 Å². The molecule has 0 saturated heterocycles. The van der Waals surface area contributed by atoms with Crippen LogP contribution in [0.5, 0.6) is 0 Å². The van der Waals surface area contributed by atoms with Crippen molar-refractivity contribution >= 4 is 30.2 Å². The largest absolute Gasteiger partial charge is 0.480 e. The Morgan fingerprint density at radius 3 is 3.12 bits per heavy atom. The lowest BCUT2D eigenvalue weighted by Gasteiger charge is -2.23. The molecule has 9 heteroatoms. The van der Waals surface area contributed by atoms with Crippen LogP contribution in [-0.2, 0) is 16.1 Å². The minimum atomic E-state index is -1.11. The van der Waals surface area contributed by atoms with Gasteiger partial charge in [-0.05, 0) is 6.42 Å². The molecular weight excluding hydrogens is 250 g/mol. The summed E-state index contributed by atoms with van der Waals surface area (Å²) in [7, 11) is 0. The number of nitrogens with zero attached hydrogens (tertiary/aromatic N) is 3. The maximum Gasteiger partial charge on any atom is 0.320 e. The fourth-order valence-electron chi connectivity index (χ4n) is 1.59. The summed E-state index contributed by atoms with van der Waals surface area (Å²) in [5, 5.41) is 15.1. The van der Waals surface area contributed by atoms with Gasteiger partial charge in [-0.15, -0.1) is 12.4 Å². The quantitative estimate of drug-likeness (QED) is 0.646. The standard InChI is InChI=1S/C8H11N5O3.ClH/c9-5(7(15)16)1-4-2-13-8(10-3-11-13)12-6(4)14;/h3-5H,1-2,9H2,(H,15,16)(H,10,11,12,14);1H/t4?,5-;/m0./s1. The number of nitrogens with two attached hydrogens (primary N) is 1. The number of amides is 1. The second-order valence-corrected chi connectivity index (χ2v) is 3.63. The number of anilines is 1. The molecule has 1 unspecified atom stereocenters. The first-order valence-electron chi connectivity index (χ1n) is 4.75. The molecule has 17 heavy (non-hydrogen) atoms. The third kappa shape index (κ3) is 2.71. The Morgan fingerprint density at radius 1 is 1.76 bits per heavy atom. The fraction of sp³-hybridized carbons (Fsp3) is 0.500. The molecule has 94 valence electrons. The molecule has 1 aromatic heterocycles. The molecule has 0 aliphatic carbocycles. The first-order valence-corrected chi connectivity index (χ1v) is 4.75. The van der Waals surface area contributed by atoms with Gasteiger partial charge in [0.2, 0.25) is 11.9 Å². The van der Waals surface area contributed by atoms with Gasteiger partial charge in [0.25, 0.3) is 0 Å². The summed E-state index contributed by atoms with van der Waals surface area (Å²) in [6.45, 7) is 0.308. The van der Waals surface area contributed by atoms with E-state index in [9.17, 15) is 9.59 Å². The molecule has 0 radical (unpaired) electrons. The smallest absolute Gasteiger partial charge is 0.320 e. The molecule has 8 nitrogen and oxygen atoms in total. The van der Waals surface area contributed by atoms with E-state index in [2.05, 4.69) is 15.4 Å². The summed E-state index contributed by atoms with van der Waals surface area (Å²) in [6, 6.07) is -1.04. The number of hydrogen-bond acceptors (Lipinski definition) is 5. The summed E-state index contributed by atoms with van der Waals surface area (Å²) in [5.41, 5.74) is 5.38. The summed E-state index contributed by atoms with van der Waals surface area (Å²) in [5.74, 6) is -1.49. The van der Waals surface area contributed by atoms with Gasteiger partial charge in [0, 0.05) is 0 Å². The molecule has 2 atom stereocenters. The predicted molar refractivity (Wildman–Crippen MR) is 59.6 cm³/mol. The molecular formula is C8H12ClN5O3. The van der Waals surface area contributed by atoms with Crippen LogP contribution in [0.15, 0.2) is 6.33 Å². The molecule has 1 amide bonds. The van der Waals surface area contributed by atoms with Gasteiger partial charge in [-0.25, -0.2) is 4.68 Å². The van der Waals surface area contributed by atoms with Crippen LogP contribution in [0.2, 0.25) is 0 Å². The zero-order valence-electron chi connectivity index (χ0n) is 8.74. The Labute approximate surface area is 103 Å². The molecule has 4 N–H and O–H groups in total. The Balaban J connectivity index is 0.00000144. The minimum absolute atomic E-state index is 0. The minimum Gasteiger partial charge on any atom is -0.480 e. The van der Waals surface area contributed by atoms with E-state index in [1.54, 1.807) is 0 Å². The number of aliphatic carboxylic acids is 1. The van der Waals surface area contributed by atoms with Gasteiger partial charge in [-0.3, -0.25) is 14.9 Å². The number of carboxylic acid groups (broad SMARTS) is 1. The zero-order valence-corrected chi connectivity index (χ0v) is 9.55. The van der Waals surface area contributed by atoms with Crippen LogP contribution < -0.4 is 11.1 Å². The number of rotatable bonds is 3. The number of aromatic nitrogens is 3. The molecule has 0 bridgehead atoms. The molecule has 1 aromatic rings. The molecule has 0 saturated carbocycles. The van der Waals surface area contributed by atoms with Crippen molar-refractivity contribution in [3.63, 3.8) is 0 Å². The maximum atomic E-state index is 11.6. The molecule has 0 spiro atoms. The summed E-state index contributed by atoms with van der Waals surface area (Å²) < 4.78 is 1.51. The van der Waals surface area contributed by atoms with E-state index >= 15 is 0 Å². The average Bonchev–Trinajstić information content (AvgIpc) is 2.65. The number of halogens is 1. The zero-order chi connectivity index (χ0) is 11.7. The van der Waals surface area contributed by atoms with Crippen molar-refractivity contribution in [1.82, 2.24) is 14.8 Å². The van der Waals surface area contributed by atoms with Crippen molar-refractivity contribution in [2.75, 3.05) is 5.32 Å². The number of carbonyl (C=O) groups excluding carboxylic acids is 1. The van der Waals surface area contributed by atoms with Crippen molar-refractivity contribution in [3.8, 4) is 0 Å². The topological polar surface area (TPSA) is 123 Å². The summed E-state index contributed by atoms with van der Waals surface area (Å²) in [4.78, 5) is 26.0. The van der Waals surface area contributed by atoms with Crippen LogP contribution >= 0.6 is 12.4 Å². The highest BCUT2D eigenvalue weighted by atomic mass is 35.5. The van der Waals surface area contributed by atoms with Crippen LogP contribution in [0, 0.1) is 5.92 Å². The highest BCUT2D eigenvalue weighted by Gasteiger charge is 2.30. The lowest BCUT2D eigenvalue weighted by molar-refractivity contribution is -0.139. The van der Waals surface area contributed by atoms with Gasteiger partial charge in [-0.1, -0.05) is 0 Å². The van der Waals surface area contributed by atoms with E-state index in [1.165, 1.54) is 11.0 Å². The van der Waals surface area contributed by atoms with Gasteiger partial charge in [0.1, 0.15) is 12.4 Å². The van der Waals surface area contributed by atoms with E-state index in [0.717, 1.165) is 0 Å². The summed E-state index contributed by atoms with van der Waals surface area (Å²) >= 11 is 0. The molecule has 0 fully saturated rings. The Kier molecular flexibility index (Phi) is 4.02. The van der Waals surface area contributed by atoms with Gasteiger partial charge < -0.3 is 10.8 Å². The van der Waals surface area contributed by atoms with E-state index in [1.807, 2.05) is 0 Å². The lowest BCUT2D eigenvalue weighted by Crippen LogP contribution is -2.40. The van der Waals surface area contributed by atoms with E-state index in [0.29, 0.717) is 12.5 Å². The van der Waals surface area contributed by atoms with E-state index < -0.39 is 17.9 Å². The van der Waals surface area contributed by atoms with E-state index in [-0.39, 0.29) is 24.7 Å². The van der Waals surface area contributed by atoms with Crippen molar-refractivity contribution < 1.29 is 14.7 Å². The van der Waals surface area contributed by atoms with Crippen molar-refractivity contribution in [2.24, 2.45) is 11.7 Å². The molecule has 2 rings (SSSR count). The van der Waals surface area contributed by atoms with Crippen molar-refractivity contribution in [1.29, 1.82) is 0 Å². The van der Waals surface area contributed by atoms with Crippen molar-refractivity contribution in [2.45, 2.75) is 19.0 Å². The molecule has 1 aliphatic rings. The predicted octanol–water partition coefficient (Wildman–Crippen LogP) is -0.930. The second kappa shape index (κ2) is 5.11. The van der Waals surface area contributed by atoms with Crippen LogP contribution in [0.4, 0.5) is 5.95 Å². The van der Waals surface area contributed by atoms with E-state index in [4.69, 9.17) is 10.8 Å². The third-order valence-electron chi connectivity index (χ3n) is 2.47. The molecule has 2 heterocycles. The van der Waals surface area contributed by atoms with Gasteiger partial charge >= 0.3 is 5.97 Å². The van der Waals surface area contributed by atoms with Crippen LogP contribution in [-0.4, -0.2) is 37.8 Å². The monoisotopic (exact) mass is 261 g/mol. The highest BCUT2D eigenvalue weighted by Crippen LogP contribution is 2.18. The van der Waals surface area contributed by atoms with Crippen LogP contribution in [0.3, 0.4) is 0 Å². The fourth-order valence-corrected chi connectivity index (χ4v) is 1.59. The number of nitrogens with one attached hydrogen (secondary N) is 1. The van der Waals surface area contributed by atoms with Gasteiger partial charge in [-0.2, -0.15) is 10.1 Å². The number of carbonyl (C=O) groups is 2.